The van der Waals surface area contributed by atoms with Gasteiger partial charge in [0.05, 0.1) is 22.9 Å². The average molecular weight is 337 g/mol. The number of para-hydroxylation sites is 1. The Morgan fingerprint density at radius 1 is 1.24 bits per heavy atom. The van der Waals surface area contributed by atoms with Gasteiger partial charge in [-0.1, -0.05) is 12.1 Å². The molecule has 0 aliphatic rings. The number of nitrogens with one attached hydrogen (secondary N) is 1. The fourth-order valence-corrected chi connectivity index (χ4v) is 2.50. The van der Waals surface area contributed by atoms with Crippen LogP contribution in [0.2, 0.25) is 0 Å². The maximum Gasteiger partial charge on any atom is 0.282 e. The van der Waals surface area contributed by atoms with E-state index in [2.05, 4.69) is 15.4 Å². The van der Waals surface area contributed by atoms with Crippen molar-refractivity contribution >= 4 is 11.6 Å². The summed E-state index contributed by atoms with van der Waals surface area (Å²) < 4.78 is 1.71. The van der Waals surface area contributed by atoms with Gasteiger partial charge in [0.2, 0.25) is 0 Å². The minimum absolute atomic E-state index is 0.0257. The van der Waals surface area contributed by atoms with Gasteiger partial charge in [0.15, 0.2) is 0 Å². The number of nitro groups is 1. The Bertz CT molecular complexity index is 921. The van der Waals surface area contributed by atoms with Crippen LogP contribution >= 0.6 is 0 Å². The molecule has 0 saturated heterocycles. The summed E-state index contributed by atoms with van der Waals surface area (Å²) in [5, 5.41) is 18.0. The predicted octanol–water partition coefficient (Wildman–Crippen LogP) is 2.32. The maximum absolute atomic E-state index is 12.2. The first-order chi connectivity index (χ1) is 12.1. The lowest BCUT2D eigenvalue weighted by molar-refractivity contribution is -0.385. The van der Waals surface area contributed by atoms with Gasteiger partial charge in [-0.3, -0.25) is 24.6 Å². The molecular weight excluding hydrogens is 322 g/mol. The molecule has 1 amide bonds. The molecule has 0 fully saturated rings. The monoisotopic (exact) mass is 337 g/mol. The number of nitro benzene ring substituents is 1. The first-order valence-corrected chi connectivity index (χ1v) is 7.51. The normalized spacial score (nSPS) is 10.4. The second kappa shape index (κ2) is 6.91. The maximum atomic E-state index is 12.2. The van der Waals surface area contributed by atoms with Crippen LogP contribution in [0.25, 0.3) is 11.3 Å². The number of pyridine rings is 1. The molecule has 3 aromatic rings. The Morgan fingerprint density at radius 3 is 2.68 bits per heavy atom. The van der Waals surface area contributed by atoms with Crippen LogP contribution in [0.15, 0.2) is 54.9 Å². The number of carbonyl (C=O) groups is 1. The third kappa shape index (κ3) is 3.52. The van der Waals surface area contributed by atoms with E-state index in [0.29, 0.717) is 5.69 Å². The number of hydrogen-bond acceptors (Lipinski definition) is 5. The van der Waals surface area contributed by atoms with Crippen LogP contribution in [0.1, 0.15) is 16.1 Å². The van der Waals surface area contributed by atoms with Crippen molar-refractivity contribution in [1.82, 2.24) is 20.1 Å². The highest BCUT2D eigenvalue weighted by Gasteiger charge is 2.19. The molecule has 0 spiro atoms. The van der Waals surface area contributed by atoms with Crippen molar-refractivity contribution in [2.45, 2.75) is 6.54 Å². The van der Waals surface area contributed by atoms with Crippen molar-refractivity contribution in [2.24, 2.45) is 7.05 Å². The molecule has 0 bridgehead atoms. The van der Waals surface area contributed by atoms with Gasteiger partial charge >= 0.3 is 0 Å². The molecule has 3 rings (SSSR count). The van der Waals surface area contributed by atoms with E-state index in [-0.39, 0.29) is 17.8 Å². The number of aryl methyl sites for hydroxylation is 1. The van der Waals surface area contributed by atoms with Gasteiger partial charge in [-0.2, -0.15) is 5.10 Å². The number of aromatic nitrogens is 3. The standard InChI is InChI=1S/C17H15N5O3/c1-21-16(12-6-8-18-9-7-12)10-13(20-21)11-19-17(23)14-4-2-3-5-15(14)22(24)25/h2-10H,11H2,1H3,(H,19,23). The van der Waals surface area contributed by atoms with Gasteiger partial charge in [0.1, 0.15) is 5.56 Å². The van der Waals surface area contributed by atoms with Crippen LogP contribution in [0.3, 0.4) is 0 Å². The second-order valence-electron chi connectivity index (χ2n) is 5.34. The fourth-order valence-electron chi connectivity index (χ4n) is 2.50. The van der Waals surface area contributed by atoms with Crippen LogP contribution in [-0.4, -0.2) is 25.6 Å². The minimum Gasteiger partial charge on any atom is -0.346 e. The molecule has 1 N–H and O–H groups in total. The number of nitrogens with zero attached hydrogens (tertiary/aromatic N) is 4. The number of benzene rings is 1. The van der Waals surface area contributed by atoms with E-state index >= 15 is 0 Å². The summed E-state index contributed by atoms with van der Waals surface area (Å²) in [4.78, 5) is 26.7. The van der Waals surface area contributed by atoms with E-state index in [4.69, 9.17) is 0 Å². The Labute approximate surface area is 143 Å². The zero-order valence-electron chi connectivity index (χ0n) is 13.4. The van der Waals surface area contributed by atoms with Crippen LogP contribution in [0.5, 0.6) is 0 Å². The highest BCUT2D eigenvalue weighted by atomic mass is 16.6. The zero-order chi connectivity index (χ0) is 17.8. The predicted molar refractivity (Wildman–Crippen MR) is 90.7 cm³/mol. The molecular formula is C17H15N5O3. The molecule has 2 aromatic heterocycles. The Balaban J connectivity index is 1.75. The largest absolute Gasteiger partial charge is 0.346 e. The SMILES string of the molecule is Cn1nc(CNC(=O)c2ccccc2[N+](=O)[O-])cc1-c1ccncc1. The minimum atomic E-state index is -0.572. The highest BCUT2D eigenvalue weighted by Crippen LogP contribution is 2.20. The second-order valence-corrected chi connectivity index (χ2v) is 5.34. The van der Waals surface area contributed by atoms with Gasteiger partial charge in [-0.15, -0.1) is 0 Å². The summed E-state index contributed by atoms with van der Waals surface area (Å²) in [6.45, 7) is 0.170. The molecule has 0 radical (unpaired) electrons. The van der Waals surface area contributed by atoms with E-state index in [9.17, 15) is 14.9 Å². The van der Waals surface area contributed by atoms with E-state index < -0.39 is 10.8 Å². The average Bonchev–Trinajstić information content (AvgIpc) is 3.01. The first-order valence-electron chi connectivity index (χ1n) is 7.51. The quantitative estimate of drug-likeness (QED) is 0.568. The molecule has 8 heteroatoms. The molecule has 0 aliphatic carbocycles. The fraction of sp³-hybridized carbons (Fsp3) is 0.118. The van der Waals surface area contributed by atoms with Gasteiger partial charge in [-0.25, -0.2) is 0 Å². The highest BCUT2D eigenvalue weighted by molar-refractivity contribution is 5.98. The molecule has 0 aliphatic heterocycles. The summed E-state index contributed by atoms with van der Waals surface area (Å²) in [7, 11) is 1.81. The van der Waals surface area contributed by atoms with E-state index in [0.717, 1.165) is 11.3 Å². The zero-order valence-corrected chi connectivity index (χ0v) is 13.4. The molecule has 8 nitrogen and oxygen atoms in total. The van der Waals surface area contributed by atoms with Crippen LogP contribution in [0, 0.1) is 10.1 Å². The Hall–Kier alpha value is -3.55. The van der Waals surface area contributed by atoms with E-state index in [1.165, 1.54) is 18.2 Å². The lowest BCUT2D eigenvalue weighted by atomic mass is 10.1. The van der Waals surface area contributed by atoms with Gasteiger partial charge in [0, 0.05) is 31.1 Å². The van der Waals surface area contributed by atoms with Crippen molar-refractivity contribution in [3.63, 3.8) is 0 Å². The molecule has 126 valence electrons. The van der Waals surface area contributed by atoms with Gasteiger partial charge in [-0.05, 0) is 24.3 Å². The summed E-state index contributed by atoms with van der Waals surface area (Å²) >= 11 is 0. The van der Waals surface area contributed by atoms with Gasteiger partial charge < -0.3 is 5.32 Å². The topological polar surface area (TPSA) is 103 Å². The van der Waals surface area contributed by atoms with Crippen molar-refractivity contribution in [1.29, 1.82) is 0 Å². The third-order valence-corrected chi connectivity index (χ3v) is 3.68. The van der Waals surface area contributed by atoms with Crippen LogP contribution in [0.4, 0.5) is 5.69 Å². The summed E-state index contributed by atoms with van der Waals surface area (Å²) in [5.41, 5.74) is 2.30. The molecule has 25 heavy (non-hydrogen) atoms. The first kappa shape index (κ1) is 16.3. The van der Waals surface area contributed by atoms with Crippen molar-refractivity contribution in [2.75, 3.05) is 0 Å². The van der Waals surface area contributed by atoms with E-state index in [1.807, 2.05) is 25.2 Å². The molecule has 0 atom stereocenters. The van der Waals surface area contributed by atoms with Gasteiger partial charge in [0.25, 0.3) is 11.6 Å². The number of amides is 1. The smallest absolute Gasteiger partial charge is 0.282 e. The molecule has 0 unspecified atom stereocenters. The Kier molecular flexibility index (Phi) is 4.51. The lowest BCUT2D eigenvalue weighted by Gasteiger charge is -2.03. The van der Waals surface area contributed by atoms with Crippen molar-refractivity contribution < 1.29 is 9.72 Å². The lowest BCUT2D eigenvalue weighted by Crippen LogP contribution is -2.24. The van der Waals surface area contributed by atoms with Crippen molar-refractivity contribution in [3.8, 4) is 11.3 Å². The van der Waals surface area contributed by atoms with E-state index in [1.54, 1.807) is 23.1 Å². The number of carbonyl (C=O) groups excluding carboxylic acids is 1. The number of hydrogen-bond donors (Lipinski definition) is 1. The Morgan fingerprint density at radius 2 is 1.96 bits per heavy atom. The molecule has 1 aromatic carbocycles. The summed E-state index contributed by atoms with van der Waals surface area (Å²) in [5.74, 6) is -0.511. The van der Waals surface area contributed by atoms with Crippen molar-refractivity contribution in [3.05, 3.63) is 76.2 Å². The van der Waals surface area contributed by atoms with Crippen LogP contribution in [-0.2, 0) is 13.6 Å². The summed E-state index contributed by atoms with van der Waals surface area (Å²) in [6, 6.07) is 11.4. The van der Waals surface area contributed by atoms with Crippen LogP contribution < -0.4 is 5.32 Å². The number of rotatable bonds is 5. The molecule has 2 heterocycles. The molecule has 0 saturated carbocycles. The third-order valence-electron chi connectivity index (χ3n) is 3.68. The summed E-state index contributed by atoms with van der Waals surface area (Å²) in [6.07, 6.45) is 3.39.